The predicted octanol–water partition coefficient (Wildman–Crippen LogP) is 11.8. The van der Waals surface area contributed by atoms with E-state index in [-0.39, 0.29) is 18.9 Å². The Kier molecular flexibility index (Phi) is 46.9. The summed E-state index contributed by atoms with van der Waals surface area (Å²) in [5, 5.41) is 87.2. The van der Waals surface area contributed by atoms with Crippen LogP contribution in [0, 0.1) is 0 Å². The molecule has 0 aromatic carbocycles. The van der Waals surface area contributed by atoms with Gasteiger partial charge in [0.1, 0.15) is 48.8 Å². The number of aliphatic hydroxyl groups is 8. The quantitative estimate of drug-likeness (QED) is 0.0204. The third kappa shape index (κ3) is 36.4. The van der Waals surface area contributed by atoms with Crippen LogP contribution in [0.3, 0.4) is 0 Å². The Labute approximate surface area is 490 Å². The molecule has 0 saturated carbocycles. The van der Waals surface area contributed by atoms with E-state index >= 15 is 0 Å². The van der Waals surface area contributed by atoms with E-state index in [1.54, 1.807) is 6.08 Å². The summed E-state index contributed by atoms with van der Waals surface area (Å²) in [6.45, 7) is 2.66. The molecule has 2 saturated heterocycles. The zero-order valence-electron chi connectivity index (χ0n) is 50.2. The largest absolute Gasteiger partial charge is 0.394 e. The normalized spacial score (nSPS) is 24.8. The Balaban J connectivity index is 1.77. The smallest absolute Gasteiger partial charge is 0.220 e. The number of carbonyl (C=O) groups is 1. The minimum Gasteiger partial charge on any atom is -0.394 e. The molecular weight excluding hydrogens is 1030 g/mol. The van der Waals surface area contributed by atoms with Gasteiger partial charge in [-0.1, -0.05) is 227 Å². The summed E-state index contributed by atoms with van der Waals surface area (Å²) in [6, 6.07) is -0.949. The second-order valence-electron chi connectivity index (χ2n) is 22.1. The number of nitrogens with one attached hydrogen (secondary N) is 1. The molecular formula is C67H115NO13. The van der Waals surface area contributed by atoms with E-state index in [4.69, 9.17) is 18.9 Å². The average molecular weight is 1140 g/mol. The van der Waals surface area contributed by atoms with Gasteiger partial charge in [-0.2, -0.15) is 0 Å². The molecule has 81 heavy (non-hydrogen) atoms. The Bertz CT molecular complexity index is 1730. The van der Waals surface area contributed by atoms with Crippen molar-refractivity contribution >= 4 is 5.91 Å². The summed E-state index contributed by atoms with van der Waals surface area (Å²) in [7, 11) is 0. The van der Waals surface area contributed by atoms with Crippen LogP contribution in [0.2, 0.25) is 0 Å². The van der Waals surface area contributed by atoms with E-state index in [1.807, 2.05) is 6.08 Å². The van der Waals surface area contributed by atoms with Gasteiger partial charge in [0.2, 0.25) is 5.91 Å². The lowest BCUT2D eigenvalue weighted by atomic mass is 9.97. The SMILES string of the molecule is CC/C=C\C/C=C\C/C=C\C/C=C\C/C=C\CCCCCCCCCCCC(=O)NC(COC1OC(CO)C(OC2OC(CO)C(O)C(O)C2O)C(O)C1O)C(O)/C=C/CC/C=C/CC/C=C/CCCCCCCCCCCCCC. The van der Waals surface area contributed by atoms with Crippen LogP contribution in [0.1, 0.15) is 226 Å². The summed E-state index contributed by atoms with van der Waals surface area (Å²) in [5.41, 5.74) is 0. The zero-order valence-corrected chi connectivity index (χ0v) is 50.2. The Morgan fingerprint density at radius 1 is 0.457 bits per heavy atom. The molecule has 0 aromatic heterocycles. The molecule has 0 aromatic rings. The van der Waals surface area contributed by atoms with E-state index in [1.165, 1.54) is 109 Å². The van der Waals surface area contributed by atoms with Gasteiger partial charge in [-0.3, -0.25) is 4.79 Å². The van der Waals surface area contributed by atoms with Gasteiger partial charge in [0.15, 0.2) is 12.6 Å². The fourth-order valence-corrected chi connectivity index (χ4v) is 9.88. The van der Waals surface area contributed by atoms with Gasteiger partial charge in [-0.15, -0.1) is 0 Å². The van der Waals surface area contributed by atoms with Crippen LogP contribution in [0.25, 0.3) is 0 Å². The van der Waals surface area contributed by atoms with Gasteiger partial charge >= 0.3 is 0 Å². The molecule has 9 N–H and O–H groups in total. The Hall–Kier alpha value is -3.09. The first-order valence-corrected chi connectivity index (χ1v) is 32.0. The van der Waals surface area contributed by atoms with Gasteiger partial charge in [-0.05, 0) is 89.9 Å². The van der Waals surface area contributed by atoms with Crippen LogP contribution in [-0.2, 0) is 23.7 Å². The molecule has 2 fully saturated rings. The van der Waals surface area contributed by atoms with Crippen molar-refractivity contribution < 1.29 is 64.6 Å². The first-order chi connectivity index (χ1) is 39.6. The Morgan fingerprint density at radius 3 is 1.36 bits per heavy atom. The van der Waals surface area contributed by atoms with Crippen molar-refractivity contribution in [1.29, 1.82) is 0 Å². The van der Waals surface area contributed by atoms with E-state index in [0.29, 0.717) is 12.8 Å². The number of aliphatic hydroxyl groups excluding tert-OH is 8. The molecule has 12 atom stereocenters. The number of hydrogen-bond acceptors (Lipinski definition) is 13. The molecule has 14 heteroatoms. The lowest BCUT2D eigenvalue weighted by Crippen LogP contribution is -2.65. The maximum absolute atomic E-state index is 13.3. The van der Waals surface area contributed by atoms with Crippen LogP contribution in [0.5, 0.6) is 0 Å². The van der Waals surface area contributed by atoms with E-state index in [0.717, 1.165) is 83.5 Å². The molecule has 2 heterocycles. The summed E-state index contributed by atoms with van der Waals surface area (Å²) in [6.07, 6.45) is 54.4. The van der Waals surface area contributed by atoms with Gasteiger partial charge in [0, 0.05) is 6.42 Å². The number of rotatable bonds is 50. The first kappa shape index (κ1) is 74.0. The predicted molar refractivity (Wildman–Crippen MR) is 327 cm³/mol. The van der Waals surface area contributed by atoms with E-state index in [9.17, 15) is 45.6 Å². The molecule has 0 bridgehead atoms. The zero-order chi connectivity index (χ0) is 58.8. The number of amides is 1. The molecule has 0 spiro atoms. The second kappa shape index (κ2) is 51.3. The molecule has 466 valence electrons. The van der Waals surface area contributed by atoms with Crippen molar-refractivity contribution in [3.63, 3.8) is 0 Å². The average Bonchev–Trinajstić information content (AvgIpc) is 3.47. The molecule has 14 nitrogen and oxygen atoms in total. The van der Waals surface area contributed by atoms with Crippen molar-refractivity contribution in [3.8, 4) is 0 Å². The molecule has 2 rings (SSSR count). The van der Waals surface area contributed by atoms with E-state index < -0.39 is 86.8 Å². The minimum absolute atomic E-state index is 0.257. The lowest BCUT2D eigenvalue weighted by Gasteiger charge is -2.46. The lowest BCUT2D eigenvalue weighted by molar-refractivity contribution is -0.359. The topological polar surface area (TPSA) is 228 Å². The number of allylic oxidation sites excluding steroid dienone is 15. The molecule has 12 unspecified atom stereocenters. The van der Waals surface area contributed by atoms with Crippen molar-refractivity contribution in [3.05, 3.63) is 97.2 Å². The summed E-state index contributed by atoms with van der Waals surface area (Å²) < 4.78 is 22.8. The van der Waals surface area contributed by atoms with Crippen LogP contribution < -0.4 is 5.32 Å². The van der Waals surface area contributed by atoms with Gasteiger partial charge in [-0.25, -0.2) is 0 Å². The highest BCUT2D eigenvalue weighted by molar-refractivity contribution is 5.76. The van der Waals surface area contributed by atoms with Crippen LogP contribution in [-0.4, -0.2) is 140 Å². The van der Waals surface area contributed by atoms with Crippen LogP contribution in [0.15, 0.2) is 97.2 Å². The molecule has 0 aliphatic carbocycles. The third-order valence-corrected chi connectivity index (χ3v) is 15.0. The van der Waals surface area contributed by atoms with Crippen molar-refractivity contribution in [2.45, 2.75) is 299 Å². The van der Waals surface area contributed by atoms with E-state index in [2.05, 4.69) is 104 Å². The molecule has 1 amide bonds. The monoisotopic (exact) mass is 1140 g/mol. The maximum atomic E-state index is 13.3. The summed E-state index contributed by atoms with van der Waals surface area (Å²) >= 11 is 0. The van der Waals surface area contributed by atoms with Crippen molar-refractivity contribution in [2.24, 2.45) is 0 Å². The summed E-state index contributed by atoms with van der Waals surface area (Å²) in [4.78, 5) is 13.3. The highest BCUT2D eigenvalue weighted by Crippen LogP contribution is 2.30. The number of ether oxygens (including phenoxy) is 4. The fraction of sp³-hybridized carbons (Fsp3) is 0.746. The fourth-order valence-electron chi connectivity index (χ4n) is 9.88. The first-order valence-electron chi connectivity index (χ1n) is 32.0. The van der Waals surface area contributed by atoms with Gasteiger partial charge < -0.3 is 65.1 Å². The highest BCUT2D eigenvalue weighted by Gasteiger charge is 2.51. The number of hydrogen-bond donors (Lipinski definition) is 9. The van der Waals surface area contributed by atoms with Crippen molar-refractivity contribution in [1.82, 2.24) is 5.32 Å². The molecule has 2 aliphatic heterocycles. The minimum atomic E-state index is -1.80. The van der Waals surface area contributed by atoms with Crippen molar-refractivity contribution in [2.75, 3.05) is 19.8 Å². The van der Waals surface area contributed by atoms with Gasteiger partial charge in [0.05, 0.1) is 32.0 Å². The summed E-state index contributed by atoms with van der Waals surface area (Å²) in [5.74, 6) is -0.263. The third-order valence-electron chi connectivity index (χ3n) is 15.0. The number of unbranched alkanes of at least 4 members (excludes halogenated alkanes) is 23. The Morgan fingerprint density at radius 2 is 0.864 bits per heavy atom. The molecule has 2 aliphatic rings. The van der Waals surface area contributed by atoms with Gasteiger partial charge in [0.25, 0.3) is 0 Å². The maximum Gasteiger partial charge on any atom is 0.220 e. The standard InChI is InChI=1S/C67H115NO13/c1-3-5-7-9-11-13-15-17-19-21-23-25-27-28-29-31-33-35-37-39-41-43-45-47-49-51-59(72)68-55(54-78-66-64(77)62(75)65(58(53-70)80-66)81-67-63(76)61(74)60(73)57(52-69)79-67)56(71)50-48-46-44-42-40-38-36-34-32-30-26-24-22-20-18-16-14-12-10-8-6-4-2/h5,7,11,13,17,19,23,25,28-29,32,34,40,42,48,50,55-58,60-67,69-71,73-77H,3-4,6,8-10,12,14-16,18,20-22,24,26-27,30-31,33,35-39,41,43-47,49,51-54H2,1-2H3,(H,68,72)/b7-5-,13-11-,19-17-,25-23-,29-28-,34-32+,42-40+,50-48+. The molecule has 0 radical (unpaired) electrons. The van der Waals surface area contributed by atoms with Crippen LogP contribution >= 0.6 is 0 Å². The highest BCUT2D eigenvalue weighted by atomic mass is 16.7. The second-order valence-corrected chi connectivity index (χ2v) is 22.1. The van der Waals surface area contributed by atoms with Crippen LogP contribution in [0.4, 0.5) is 0 Å². The number of carbonyl (C=O) groups excluding carboxylic acids is 1.